The summed E-state index contributed by atoms with van der Waals surface area (Å²) in [7, 11) is -3.35. The van der Waals surface area contributed by atoms with Crippen molar-refractivity contribution in [1.82, 2.24) is 9.97 Å². The van der Waals surface area contributed by atoms with Crippen molar-refractivity contribution in [2.75, 3.05) is 11.2 Å². The molecule has 0 aliphatic heterocycles. The van der Waals surface area contributed by atoms with Crippen LogP contribution in [0.15, 0.2) is 65.8 Å². The van der Waals surface area contributed by atoms with Crippen LogP contribution in [0.2, 0.25) is 5.02 Å². The highest BCUT2D eigenvalue weighted by molar-refractivity contribution is 7.90. The summed E-state index contributed by atoms with van der Waals surface area (Å²) < 4.78 is 24.4. The van der Waals surface area contributed by atoms with Gasteiger partial charge in [-0.3, -0.25) is 14.7 Å². The van der Waals surface area contributed by atoms with Gasteiger partial charge in [0.1, 0.15) is 0 Å². The zero-order valence-electron chi connectivity index (χ0n) is 16.7. The number of carbonyl (C=O) groups excluding carboxylic acids is 1. The Morgan fingerprint density at radius 3 is 2.42 bits per heavy atom. The number of benzene rings is 2. The van der Waals surface area contributed by atoms with E-state index in [4.69, 9.17) is 16.6 Å². The molecule has 0 atom stereocenters. The quantitative estimate of drug-likeness (QED) is 0.413. The van der Waals surface area contributed by atoms with Gasteiger partial charge in [-0.15, -0.1) is 0 Å². The van der Waals surface area contributed by atoms with E-state index in [0.717, 1.165) is 27.6 Å². The first kappa shape index (κ1) is 21.4. The number of sulfone groups is 1. The molecule has 0 radical (unpaired) electrons. The summed E-state index contributed by atoms with van der Waals surface area (Å²) in [5, 5.41) is 1.15. The normalized spacial score (nSPS) is 11.6. The van der Waals surface area contributed by atoms with Gasteiger partial charge in [-0.05, 0) is 66.6 Å². The number of fused-ring (bicyclic) bond motifs is 1. The molecule has 1 amide bonds. The monoisotopic (exact) mass is 471 g/mol. The van der Waals surface area contributed by atoms with Crippen LogP contribution in [0.3, 0.4) is 0 Å². The van der Waals surface area contributed by atoms with Crippen LogP contribution in [-0.2, 0) is 16.4 Å². The fraction of sp³-hybridized carbons (Fsp3) is 0.136. The topological polar surface area (TPSA) is 80.2 Å². The number of pyridine rings is 1. The molecule has 0 unspecified atom stereocenters. The second kappa shape index (κ2) is 8.37. The third kappa shape index (κ3) is 4.61. The van der Waals surface area contributed by atoms with Crippen molar-refractivity contribution in [3.8, 4) is 0 Å². The van der Waals surface area contributed by atoms with Crippen molar-refractivity contribution in [1.29, 1.82) is 0 Å². The van der Waals surface area contributed by atoms with Gasteiger partial charge >= 0.3 is 0 Å². The zero-order valence-corrected chi connectivity index (χ0v) is 19.1. The van der Waals surface area contributed by atoms with E-state index in [1.807, 2.05) is 31.2 Å². The summed E-state index contributed by atoms with van der Waals surface area (Å²) in [4.78, 5) is 23.9. The molecule has 4 aromatic rings. The molecule has 0 saturated heterocycles. The summed E-state index contributed by atoms with van der Waals surface area (Å²) in [6, 6.07) is 13.3. The minimum Gasteiger partial charge on any atom is -0.279 e. The second-order valence-electron chi connectivity index (χ2n) is 7.11. The Balaban J connectivity index is 1.77. The highest BCUT2D eigenvalue weighted by atomic mass is 35.5. The number of thiazole rings is 1. The van der Waals surface area contributed by atoms with Gasteiger partial charge in [-0.2, -0.15) is 0 Å². The van der Waals surface area contributed by atoms with Gasteiger partial charge in [-0.1, -0.05) is 22.9 Å². The van der Waals surface area contributed by atoms with Gasteiger partial charge in [0.25, 0.3) is 5.91 Å². The van der Waals surface area contributed by atoms with E-state index in [9.17, 15) is 13.2 Å². The van der Waals surface area contributed by atoms with Gasteiger partial charge in [-0.25, -0.2) is 13.4 Å². The predicted octanol–water partition coefficient (Wildman–Crippen LogP) is 4.90. The molecule has 0 bridgehead atoms. The average Bonchev–Trinajstić information content (AvgIpc) is 3.16. The first-order chi connectivity index (χ1) is 14.7. The Hall–Kier alpha value is -2.81. The third-order valence-electron chi connectivity index (χ3n) is 4.73. The molecule has 0 spiro atoms. The zero-order chi connectivity index (χ0) is 22.2. The number of hydrogen-bond acceptors (Lipinski definition) is 6. The summed E-state index contributed by atoms with van der Waals surface area (Å²) in [6.45, 7) is 2.22. The number of amides is 1. The lowest BCUT2D eigenvalue weighted by Gasteiger charge is -2.20. The molecule has 0 saturated carbocycles. The lowest BCUT2D eigenvalue weighted by molar-refractivity contribution is 0.0985. The van der Waals surface area contributed by atoms with E-state index in [-0.39, 0.29) is 10.8 Å². The number of rotatable bonds is 5. The molecule has 158 valence electrons. The third-order valence-corrected chi connectivity index (χ3v) is 7.11. The summed E-state index contributed by atoms with van der Waals surface area (Å²) >= 11 is 7.58. The van der Waals surface area contributed by atoms with Crippen LogP contribution in [-0.4, -0.2) is 30.5 Å². The summed E-state index contributed by atoms with van der Waals surface area (Å²) in [5.41, 5.74) is 2.99. The van der Waals surface area contributed by atoms with Crippen molar-refractivity contribution in [2.45, 2.75) is 18.4 Å². The average molecular weight is 472 g/mol. The van der Waals surface area contributed by atoms with Gasteiger partial charge in [0.05, 0.1) is 21.7 Å². The van der Waals surface area contributed by atoms with Gasteiger partial charge in [0.2, 0.25) is 0 Å². The summed E-state index contributed by atoms with van der Waals surface area (Å²) in [5.74, 6) is -0.278. The SMILES string of the molecule is Cc1cc(Cl)cc2sc(N(Cc3ccncc3)C(=O)c3ccc(S(C)(=O)=O)cc3)nc12. The Kier molecular flexibility index (Phi) is 5.79. The Morgan fingerprint density at radius 2 is 1.77 bits per heavy atom. The van der Waals surface area contributed by atoms with E-state index in [1.54, 1.807) is 17.3 Å². The standard InChI is InChI=1S/C22H18ClN3O3S2/c1-14-11-17(23)12-19-20(14)25-22(30-19)26(13-15-7-9-24-10-8-15)21(27)16-3-5-18(6-4-16)31(2,28)29/h3-12H,13H2,1-2H3. The Morgan fingerprint density at radius 1 is 1.10 bits per heavy atom. The highest BCUT2D eigenvalue weighted by Gasteiger charge is 2.23. The maximum Gasteiger partial charge on any atom is 0.260 e. The molecule has 6 nitrogen and oxygen atoms in total. The van der Waals surface area contributed by atoms with Crippen molar-refractivity contribution in [3.05, 3.63) is 82.6 Å². The molecule has 2 heterocycles. The molecule has 2 aromatic carbocycles. The first-order valence-corrected chi connectivity index (χ1v) is 12.4. The number of aryl methyl sites for hydroxylation is 1. The predicted molar refractivity (Wildman–Crippen MR) is 124 cm³/mol. The number of carbonyl (C=O) groups is 1. The van der Waals surface area contributed by atoms with Gasteiger partial charge in [0.15, 0.2) is 15.0 Å². The fourth-order valence-electron chi connectivity index (χ4n) is 3.16. The molecule has 31 heavy (non-hydrogen) atoms. The van der Waals surface area contributed by atoms with E-state index < -0.39 is 9.84 Å². The van der Waals surface area contributed by atoms with Crippen LogP contribution in [0.1, 0.15) is 21.5 Å². The lowest BCUT2D eigenvalue weighted by atomic mass is 10.2. The maximum absolute atomic E-state index is 13.4. The van der Waals surface area contributed by atoms with Crippen LogP contribution in [0, 0.1) is 6.92 Å². The molecule has 0 fully saturated rings. The van der Waals surface area contributed by atoms with E-state index in [2.05, 4.69) is 4.98 Å². The Bertz CT molecular complexity index is 1370. The van der Waals surface area contributed by atoms with E-state index in [1.165, 1.54) is 35.6 Å². The molecule has 4 rings (SSSR count). The molecule has 0 aliphatic carbocycles. The van der Waals surface area contributed by atoms with Crippen molar-refractivity contribution in [3.63, 3.8) is 0 Å². The molecule has 2 aromatic heterocycles. The minimum atomic E-state index is -3.35. The summed E-state index contributed by atoms with van der Waals surface area (Å²) in [6.07, 6.45) is 4.47. The highest BCUT2D eigenvalue weighted by Crippen LogP contribution is 2.34. The van der Waals surface area contributed by atoms with Crippen molar-refractivity contribution in [2.24, 2.45) is 0 Å². The van der Waals surface area contributed by atoms with Crippen LogP contribution in [0.25, 0.3) is 10.2 Å². The first-order valence-electron chi connectivity index (χ1n) is 9.30. The second-order valence-corrected chi connectivity index (χ2v) is 10.6. The van der Waals surface area contributed by atoms with Crippen LogP contribution >= 0.6 is 22.9 Å². The number of halogens is 1. The van der Waals surface area contributed by atoms with Crippen LogP contribution in [0.4, 0.5) is 5.13 Å². The molecular formula is C22H18ClN3O3S2. The molecule has 0 N–H and O–H groups in total. The maximum atomic E-state index is 13.4. The number of nitrogens with zero attached hydrogens (tertiary/aromatic N) is 3. The smallest absolute Gasteiger partial charge is 0.260 e. The lowest BCUT2D eigenvalue weighted by Crippen LogP contribution is -2.30. The molecule has 0 aliphatic rings. The van der Waals surface area contributed by atoms with Crippen LogP contribution in [0.5, 0.6) is 0 Å². The minimum absolute atomic E-state index is 0.162. The van der Waals surface area contributed by atoms with E-state index in [0.29, 0.717) is 22.3 Å². The van der Waals surface area contributed by atoms with Gasteiger partial charge < -0.3 is 0 Å². The van der Waals surface area contributed by atoms with Crippen LogP contribution < -0.4 is 4.90 Å². The van der Waals surface area contributed by atoms with E-state index >= 15 is 0 Å². The van der Waals surface area contributed by atoms with Crippen molar-refractivity contribution < 1.29 is 13.2 Å². The number of aromatic nitrogens is 2. The van der Waals surface area contributed by atoms with Gasteiger partial charge in [0, 0.05) is 29.2 Å². The number of anilines is 1. The van der Waals surface area contributed by atoms with Crippen molar-refractivity contribution >= 4 is 54.0 Å². The molecule has 9 heteroatoms. The fourth-order valence-corrected chi connectivity index (χ4v) is 5.20. The Labute approximate surface area is 189 Å². The molecular weight excluding hydrogens is 454 g/mol. The largest absolute Gasteiger partial charge is 0.279 e. The number of hydrogen-bond donors (Lipinski definition) is 0.